The predicted octanol–water partition coefficient (Wildman–Crippen LogP) is -5.52. The van der Waals surface area contributed by atoms with Crippen molar-refractivity contribution in [2.45, 2.75) is 47.8 Å². The number of aliphatic hydroxyl groups is 6. The van der Waals surface area contributed by atoms with Crippen LogP contribution < -0.4 is 11.1 Å². The fourth-order valence-electron chi connectivity index (χ4n) is 4.24. The van der Waals surface area contributed by atoms with Crippen LogP contribution >= 0.6 is 0 Å². The smallest absolute Gasteiger partial charge is 0.311 e. The van der Waals surface area contributed by atoms with Gasteiger partial charge in [-0.3, -0.25) is 0 Å². The van der Waals surface area contributed by atoms with Gasteiger partial charge >= 0.3 is 5.97 Å². The molecule has 0 radical (unpaired) electrons. The molecule has 22 heavy (non-hydrogen) atoms. The van der Waals surface area contributed by atoms with E-state index in [0.717, 1.165) is 0 Å². The van der Waals surface area contributed by atoms with Crippen LogP contribution in [0.15, 0.2) is 4.99 Å². The van der Waals surface area contributed by atoms with Crippen LogP contribution in [-0.4, -0.2) is 91.0 Å². The van der Waals surface area contributed by atoms with E-state index in [1.165, 1.54) is 0 Å². The highest BCUT2D eigenvalue weighted by molar-refractivity contribution is 5.80. The number of hydrogen-bond donors (Lipinski definition) is 8. The average molecular weight is 319 g/mol. The minimum Gasteiger partial charge on any atom is -0.393 e. The van der Waals surface area contributed by atoms with Gasteiger partial charge in [-0.25, -0.2) is 4.99 Å². The molecule has 11 nitrogen and oxygen atoms in total. The zero-order chi connectivity index (χ0) is 16.1. The van der Waals surface area contributed by atoms with Crippen molar-refractivity contribution in [2.24, 2.45) is 16.6 Å². The van der Waals surface area contributed by atoms with Crippen LogP contribution in [0.1, 0.15) is 0 Å². The second-order valence-corrected chi connectivity index (χ2v) is 6.22. The zero-order valence-electron chi connectivity index (χ0n) is 11.2. The van der Waals surface area contributed by atoms with Gasteiger partial charge in [0, 0.05) is 0 Å². The van der Waals surface area contributed by atoms with E-state index in [1.54, 1.807) is 0 Å². The van der Waals surface area contributed by atoms with Crippen molar-refractivity contribution in [1.82, 2.24) is 5.32 Å². The Morgan fingerprint density at radius 2 is 1.82 bits per heavy atom. The number of ether oxygens (including phenoxy) is 2. The van der Waals surface area contributed by atoms with Crippen LogP contribution in [0.5, 0.6) is 0 Å². The minimum absolute atomic E-state index is 0.250. The molecule has 4 bridgehead atoms. The van der Waals surface area contributed by atoms with Crippen molar-refractivity contribution in [2.75, 3.05) is 6.61 Å². The topological polar surface area (TPSA) is 190 Å². The fourth-order valence-corrected chi connectivity index (χ4v) is 4.24. The zero-order valence-corrected chi connectivity index (χ0v) is 11.2. The number of nitrogens with two attached hydrogens (primary N) is 1. The summed E-state index contributed by atoms with van der Waals surface area (Å²) in [4.78, 5) is 3.70. The highest BCUT2D eigenvalue weighted by atomic mass is 16.9. The highest BCUT2D eigenvalue weighted by Gasteiger charge is 2.82. The van der Waals surface area contributed by atoms with Crippen LogP contribution in [0.2, 0.25) is 0 Å². The van der Waals surface area contributed by atoms with Crippen molar-refractivity contribution in [3.63, 3.8) is 0 Å². The summed E-state index contributed by atoms with van der Waals surface area (Å²) in [6.45, 7) is -0.857. The second kappa shape index (κ2) is 3.88. The van der Waals surface area contributed by atoms with Gasteiger partial charge < -0.3 is 51.2 Å². The molecule has 1 spiro atoms. The average Bonchev–Trinajstić information content (AvgIpc) is 2.45. The molecule has 9 N–H and O–H groups in total. The molecule has 0 amide bonds. The SMILES string of the molecule is NC1=N[C@@H](O)[C@H]2[C@H]3O[C@]4(O)O[C@@H]([C@@H](O)[C@@]2(N1)[C@@H]4O)[C@]3(O)CO. The lowest BCUT2D eigenvalue weighted by Gasteiger charge is -2.71. The molecule has 4 aliphatic heterocycles. The summed E-state index contributed by atoms with van der Waals surface area (Å²) in [5.41, 5.74) is 1.74. The molecule has 9 atom stereocenters. The predicted molar refractivity (Wildman–Crippen MR) is 65.7 cm³/mol. The Morgan fingerprint density at radius 1 is 1.18 bits per heavy atom. The lowest BCUT2D eigenvalue weighted by atomic mass is 9.55. The normalized spacial score (nSPS) is 62.4. The third kappa shape index (κ3) is 1.28. The van der Waals surface area contributed by atoms with Gasteiger partial charge in [-0.2, -0.15) is 0 Å². The molecule has 4 heterocycles. The number of guanidine groups is 1. The minimum atomic E-state index is -2.52. The molecule has 1 aliphatic carbocycles. The third-order valence-electron chi connectivity index (χ3n) is 5.22. The molecule has 0 aromatic rings. The summed E-state index contributed by atoms with van der Waals surface area (Å²) in [6, 6.07) is 0. The second-order valence-electron chi connectivity index (χ2n) is 6.22. The van der Waals surface area contributed by atoms with Crippen LogP contribution in [0.4, 0.5) is 0 Å². The monoisotopic (exact) mass is 319 g/mol. The first kappa shape index (κ1) is 14.5. The van der Waals surface area contributed by atoms with E-state index in [1.807, 2.05) is 0 Å². The van der Waals surface area contributed by atoms with E-state index in [-0.39, 0.29) is 5.96 Å². The summed E-state index contributed by atoms with van der Waals surface area (Å²) in [6.07, 6.45) is -7.77. The number of nitrogens with zero attached hydrogens (tertiary/aromatic N) is 1. The molecule has 1 saturated carbocycles. The first-order chi connectivity index (χ1) is 10.2. The molecular formula is C11H17N3O8. The lowest BCUT2D eigenvalue weighted by molar-refractivity contribution is -0.548. The molecule has 3 saturated heterocycles. The van der Waals surface area contributed by atoms with E-state index in [4.69, 9.17) is 15.2 Å². The van der Waals surface area contributed by atoms with E-state index in [9.17, 15) is 30.6 Å². The summed E-state index contributed by atoms with van der Waals surface area (Å²) < 4.78 is 10.3. The molecule has 5 aliphatic rings. The van der Waals surface area contributed by atoms with Crippen molar-refractivity contribution in [3.8, 4) is 0 Å². The molecule has 5 rings (SSSR count). The van der Waals surface area contributed by atoms with Gasteiger partial charge in [0.2, 0.25) is 0 Å². The molecule has 0 aromatic heterocycles. The Bertz CT molecular complexity index is 561. The van der Waals surface area contributed by atoms with Gasteiger partial charge in [0.25, 0.3) is 0 Å². The molecule has 0 aromatic carbocycles. The van der Waals surface area contributed by atoms with Crippen LogP contribution in [0, 0.1) is 5.92 Å². The maximum Gasteiger partial charge on any atom is 0.311 e. The van der Waals surface area contributed by atoms with Gasteiger partial charge in [0.15, 0.2) is 18.3 Å². The molecule has 124 valence electrons. The third-order valence-corrected chi connectivity index (χ3v) is 5.22. The Hall–Kier alpha value is -1.05. The van der Waals surface area contributed by atoms with Crippen LogP contribution in [0.3, 0.4) is 0 Å². The quantitative estimate of drug-likeness (QED) is 0.231. The fraction of sp³-hybridized carbons (Fsp3) is 0.909. The Morgan fingerprint density at radius 3 is 2.45 bits per heavy atom. The molecular weight excluding hydrogens is 302 g/mol. The Kier molecular flexibility index (Phi) is 2.57. The van der Waals surface area contributed by atoms with Gasteiger partial charge in [-0.1, -0.05) is 0 Å². The van der Waals surface area contributed by atoms with Crippen LogP contribution in [0.25, 0.3) is 0 Å². The van der Waals surface area contributed by atoms with Crippen molar-refractivity contribution >= 4 is 5.96 Å². The first-order valence-corrected chi connectivity index (χ1v) is 6.77. The van der Waals surface area contributed by atoms with Gasteiger partial charge in [-0.15, -0.1) is 0 Å². The Balaban J connectivity index is 1.95. The summed E-state index contributed by atoms with van der Waals surface area (Å²) in [5.74, 6) is -3.95. The van der Waals surface area contributed by atoms with Gasteiger partial charge in [0.1, 0.15) is 29.5 Å². The van der Waals surface area contributed by atoms with E-state index < -0.39 is 60.3 Å². The van der Waals surface area contributed by atoms with Gasteiger partial charge in [-0.05, 0) is 0 Å². The van der Waals surface area contributed by atoms with Crippen molar-refractivity contribution in [1.29, 1.82) is 0 Å². The maximum absolute atomic E-state index is 10.6. The van der Waals surface area contributed by atoms with Crippen molar-refractivity contribution < 1.29 is 40.1 Å². The van der Waals surface area contributed by atoms with Crippen molar-refractivity contribution in [3.05, 3.63) is 0 Å². The van der Waals surface area contributed by atoms with Gasteiger partial charge in [0.05, 0.1) is 12.5 Å². The summed E-state index contributed by atoms with van der Waals surface area (Å²) in [7, 11) is 0. The number of rotatable bonds is 1. The summed E-state index contributed by atoms with van der Waals surface area (Å²) >= 11 is 0. The van der Waals surface area contributed by atoms with Crippen LogP contribution in [-0.2, 0) is 9.47 Å². The number of hydrogen-bond acceptors (Lipinski definition) is 11. The lowest BCUT2D eigenvalue weighted by Crippen LogP contribution is -2.95. The maximum atomic E-state index is 10.6. The number of aliphatic imine (C=N–C) groups is 1. The largest absolute Gasteiger partial charge is 0.393 e. The molecule has 11 heteroatoms. The highest BCUT2D eigenvalue weighted by Crippen LogP contribution is 2.58. The molecule has 4 fully saturated rings. The van der Waals surface area contributed by atoms with E-state index >= 15 is 0 Å². The van der Waals surface area contributed by atoms with E-state index in [0.29, 0.717) is 0 Å². The standard InChI is InChI=1S/C11H17N3O8/c12-8-13-6(17)2-4-9(19,1-15)5-3(16)10(2,14-8)7(18)11(20,21-4)22-5/h2-7,15-20H,1H2,(H3,12,13,14)/t2-,3-,4-,5+,6+,7+,9+,10-,11+/m1/s1. The Labute approximate surface area is 123 Å². The number of nitrogens with one attached hydrogen (secondary N) is 1. The molecule has 0 unspecified atom stereocenters. The first-order valence-electron chi connectivity index (χ1n) is 6.77. The summed E-state index contributed by atoms with van der Waals surface area (Å²) in [5, 5.41) is 64.3. The number of aliphatic hydroxyl groups excluding tert-OH is 4. The van der Waals surface area contributed by atoms with E-state index in [2.05, 4.69) is 10.3 Å².